The summed E-state index contributed by atoms with van der Waals surface area (Å²) in [7, 11) is 0. The standard InChI is InChI=1S/C20H19BrN2O/c1-3-23(4-2)19-11-5-15(6-12-19)13-17(14-22)20(24)16-7-9-18(21)10-8-16/h5-13H,3-4H2,1-2H3/b17-13+. The Morgan fingerprint density at radius 2 is 1.67 bits per heavy atom. The van der Waals surface area contributed by atoms with E-state index in [1.165, 1.54) is 0 Å². The number of allylic oxidation sites excluding steroid dienone is 1. The fourth-order valence-electron chi connectivity index (χ4n) is 2.44. The Morgan fingerprint density at radius 3 is 2.17 bits per heavy atom. The van der Waals surface area contributed by atoms with Gasteiger partial charge in [0, 0.05) is 28.8 Å². The van der Waals surface area contributed by atoms with Crippen LogP contribution in [0.2, 0.25) is 0 Å². The van der Waals surface area contributed by atoms with Crippen molar-refractivity contribution >= 4 is 33.5 Å². The van der Waals surface area contributed by atoms with E-state index in [1.807, 2.05) is 30.3 Å². The Labute approximate surface area is 151 Å². The molecule has 2 aromatic carbocycles. The number of hydrogen-bond acceptors (Lipinski definition) is 3. The molecule has 0 aliphatic heterocycles. The van der Waals surface area contributed by atoms with Gasteiger partial charge in [0.15, 0.2) is 0 Å². The topological polar surface area (TPSA) is 44.1 Å². The quantitative estimate of drug-likeness (QED) is 0.397. The molecule has 0 bridgehead atoms. The van der Waals surface area contributed by atoms with Gasteiger partial charge in [-0.15, -0.1) is 0 Å². The second-order valence-corrected chi connectivity index (χ2v) is 6.19. The summed E-state index contributed by atoms with van der Waals surface area (Å²) in [6.07, 6.45) is 1.64. The van der Waals surface area contributed by atoms with E-state index in [1.54, 1.807) is 30.3 Å². The molecule has 0 N–H and O–H groups in total. The zero-order valence-electron chi connectivity index (χ0n) is 13.8. The van der Waals surface area contributed by atoms with Crippen LogP contribution in [-0.4, -0.2) is 18.9 Å². The van der Waals surface area contributed by atoms with Crippen LogP contribution in [0.1, 0.15) is 29.8 Å². The number of carbonyl (C=O) groups excluding carboxylic acids is 1. The van der Waals surface area contributed by atoms with Gasteiger partial charge in [0.2, 0.25) is 5.78 Å². The summed E-state index contributed by atoms with van der Waals surface area (Å²) >= 11 is 3.34. The van der Waals surface area contributed by atoms with Crippen LogP contribution in [0.25, 0.3) is 6.08 Å². The molecule has 0 saturated carbocycles. The fraction of sp³-hybridized carbons (Fsp3) is 0.200. The van der Waals surface area contributed by atoms with Crippen molar-refractivity contribution in [3.8, 4) is 6.07 Å². The Hall–Kier alpha value is -2.38. The number of ketones is 1. The normalized spacial score (nSPS) is 11.0. The summed E-state index contributed by atoms with van der Waals surface area (Å²) in [6, 6.07) is 16.9. The second kappa shape index (κ2) is 8.47. The van der Waals surface area contributed by atoms with E-state index in [2.05, 4.69) is 34.7 Å². The molecule has 0 aromatic heterocycles. The van der Waals surface area contributed by atoms with Crippen molar-refractivity contribution in [3.05, 3.63) is 69.7 Å². The van der Waals surface area contributed by atoms with Crippen molar-refractivity contribution in [2.24, 2.45) is 0 Å². The highest BCUT2D eigenvalue weighted by Crippen LogP contribution is 2.19. The lowest BCUT2D eigenvalue weighted by Crippen LogP contribution is -2.21. The molecule has 24 heavy (non-hydrogen) atoms. The summed E-state index contributed by atoms with van der Waals surface area (Å²) in [5.41, 5.74) is 2.61. The molecule has 3 nitrogen and oxygen atoms in total. The van der Waals surface area contributed by atoms with E-state index in [0.717, 1.165) is 28.8 Å². The van der Waals surface area contributed by atoms with Crippen molar-refractivity contribution in [2.45, 2.75) is 13.8 Å². The largest absolute Gasteiger partial charge is 0.372 e. The first kappa shape index (κ1) is 18.0. The number of nitrogens with zero attached hydrogens (tertiary/aromatic N) is 2. The molecule has 0 atom stereocenters. The SMILES string of the molecule is CCN(CC)c1ccc(/C=C(\C#N)C(=O)c2ccc(Br)cc2)cc1. The van der Waals surface area contributed by atoms with Crippen LogP contribution in [0.4, 0.5) is 5.69 Å². The van der Waals surface area contributed by atoms with Gasteiger partial charge in [-0.05, 0) is 61.9 Å². The van der Waals surface area contributed by atoms with Gasteiger partial charge in [0.1, 0.15) is 11.6 Å². The van der Waals surface area contributed by atoms with Crippen LogP contribution in [0.15, 0.2) is 58.6 Å². The van der Waals surface area contributed by atoms with Gasteiger partial charge in [0.05, 0.1) is 0 Å². The van der Waals surface area contributed by atoms with Gasteiger partial charge in [0.25, 0.3) is 0 Å². The number of benzene rings is 2. The van der Waals surface area contributed by atoms with E-state index in [0.29, 0.717) is 5.56 Å². The van der Waals surface area contributed by atoms with E-state index >= 15 is 0 Å². The zero-order chi connectivity index (χ0) is 17.5. The molecule has 0 saturated heterocycles. The zero-order valence-corrected chi connectivity index (χ0v) is 15.4. The van der Waals surface area contributed by atoms with Gasteiger partial charge in [-0.1, -0.05) is 28.1 Å². The summed E-state index contributed by atoms with van der Waals surface area (Å²) in [5.74, 6) is -0.266. The van der Waals surface area contributed by atoms with Crippen LogP contribution in [0.5, 0.6) is 0 Å². The first-order valence-corrected chi connectivity index (χ1v) is 8.65. The molecule has 0 spiro atoms. The minimum absolute atomic E-state index is 0.132. The molecule has 0 unspecified atom stereocenters. The lowest BCUT2D eigenvalue weighted by atomic mass is 10.0. The number of nitriles is 1. The average molecular weight is 383 g/mol. The fourth-order valence-corrected chi connectivity index (χ4v) is 2.71. The van der Waals surface area contributed by atoms with Gasteiger partial charge < -0.3 is 4.90 Å². The van der Waals surface area contributed by atoms with E-state index in [9.17, 15) is 10.1 Å². The maximum atomic E-state index is 12.4. The third kappa shape index (κ3) is 4.33. The molecule has 2 rings (SSSR count). The molecule has 0 aliphatic carbocycles. The smallest absolute Gasteiger partial charge is 0.203 e. The van der Waals surface area contributed by atoms with Crippen molar-refractivity contribution in [1.29, 1.82) is 5.26 Å². The first-order chi connectivity index (χ1) is 11.6. The molecule has 2 aromatic rings. The highest BCUT2D eigenvalue weighted by atomic mass is 79.9. The van der Waals surface area contributed by atoms with Crippen molar-refractivity contribution < 1.29 is 4.79 Å². The third-order valence-electron chi connectivity index (χ3n) is 3.80. The lowest BCUT2D eigenvalue weighted by Gasteiger charge is -2.20. The molecular formula is C20H19BrN2O. The highest BCUT2D eigenvalue weighted by molar-refractivity contribution is 9.10. The highest BCUT2D eigenvalue weighted by Gasteiger charge is 2.12. The number of rotatable bonds is 6. The molecule has 0 aliphatic rings. The predicted molar refractivity (Wildman–Crippen MR) is 102 cm³/mol. The molecular weight excluding hydrogens is 364 g/mol. The monoisotopic (exact) mass is 382 g/mol. The Bertz CT molecular complexity index is 767. The predicted octanol–water partition coefficient (Wildman–Crippen LogP) is 5.09. The molecule has 122 valence electrons. The van der Waals surface area contributed by atoms with E-state index < -0.39 is 0 Å². The molecule has 0 fully saturated rings. The number of halogens is 1. The van der Waals surface area contributed by atoms with Crippen LogP contribution >= 0.6 is 15.9 Å². The molecule has 0 heterocycles. The lowest BCUT2D eigenvalue weighted by molar-refractivity contribution is 0.104. The van der Waals surface area contributed by atoms with Crippen molar-refractivity contribution in [2.75, 3.05) is 18.0 Å². The van der Waals surface area contributed by atoms with Gasteiger partial charge in [-0.3, -0.25) is 4.79 Å². The van der Waals surface area contributed by atoms with Gasteiger partial charge in [-0.25, -0.2) is 0 Å². The van der Waals surface area contributed by atoms with Gasteiger partial charge >= 0.3 is 0 Å². The summed E-state index contributed by atoms with van der Waals surface area (Å²) in [5, 5.41) is 9.34. The molecule has 0 radical (unpaired) electrons. The first-order valence-electron chi connectivity index (χ1n) is 7.86. The van der Waals surface area contributed by atoms with Crippen LogP contribution in [-0.2, 0) is 0 Å². The van der Waals surface area contributed by atoms with Crippen LogP contribution in [0.3, 0.4) is 0 Å². The number of hydrogen-bond donors (Lipinski definition) is 0. The maximum Gasteiger partial charge on any atom is 0.203 e. The number of Topliss-reactive ketones (excluding diaryl/α,β-unsaturated/α-hetero) is 1. The number of anilines is 1. The molecule has 0 amide bonds. The van der Waals surface area contributed by atoms with Gasteiger partial charge in [-0.2, -0.15) is 5.26 Å². The van der Waals surface area contributed by atoms with Crippen molar-refractivity contribution in [1.82, 2.24) is 0 Å². The van der Waals surface area contributed by atoms with E-state index in [4.69, 9.17) is 0 Å². The van der Waals surface area contributed by atoms with Crippen LogP contribution in [0, 0.1) is 11.3 Å². The van der Waals surface area contributed by atoms with Crippen molar-refractivity contribution in [3.63, 3.8) is 0 Å². The van der Waals surface area contributed by atoms with E-state index in [-0.39, 0.29) is 11.4 Å². The Kier molecular flexibility index (Phi) is 6.34. The summed E-state index contributed by atoms with van der Waals surface area (Å²) in [6.45, 7) is 6.11. The summed E-state index contributed by atoms with van der Waals surface area (Å²) < 4.78 is 0.897. The summed E-state index contributed by atoms with van der Waals surface area (Å²) in [4.78, 5) is 14.7. The Morgan fingerprint density at radius 1 is 1.08 bits per heavy atom. The third-order valence-corrected chi connectivity index (χ3v) is 4.33. The second-order valence-electron chi connectivity index (χ2n) is 5.27. The minimum atomic E-state index is -0.266. The Balaban J connectivity index is 2.25. The minimum Gasteiger partial charge on any atom is -0.372 e. The van der Waals surface area contributed by atoms with Crippen LogP contribution < -0.4 is 4.90 Å². The average Bonchev–Trinajstić information content (AvgIpc) is 2.62. The maximum absolute atomic E-state index is 12.4. The molecule has 4 heteroatoms. The number of carbonyl (C=O) groups is 1.